The van der Waals surface area contributed by atoms with Crippen LogP contribution in [0.5, 0.6) is 0 Å². The molecule has 2 rings (SSSR count). The monoisotopic (exact) mass is 440 g/mol. The van der Waals surface area contributed by atoms with Crippen LogP contribution in [-0.2, 0) is 31.9 Å². The van der Waals surface area contributed by atoms with Crippen molar-refractivity contribution < 1.29 is 23.9 Å². The molecule has 2 aromatic rings. The van der Waals surface area contributed by atoms with Crippen molar-refractivity contribution in [3.05, 3.63) is 71.8 Å². The van der Waals surface area contributed by atoms with Gasteiger partial charge in [0.1, 0.15) is 11.6 Å². The molecule has 0 fully saturated rings. The highest BCUT2D eigenvalue weighted by Gasteiger charge is 2.27. The minimum Gasteiger partial charge on any atom is -0.469 e. The first kappa shape index (κ1) is 24.9. The Kier molecular flexibility index (Phi) is 9.25. The van der Waals surface area contributed by atoms with E-state index in [1.54, 1.807) is 20.8 Å². The maximum atomic E-state index is 13.2. The largest absolute Gasteiger partial charge is 0.469 e. The molecule has 0 aliphatic rings. The lowest BCUT2D eigenvalue weighted by molar-refractivity contribution is -0.141. The van der Waals surface area contributed by atoms with Crippen molar-refractivity contribution in [3.63, 3.8) is 0 Å². The Morgan fingerprint density at radius 3 is 1.88 bits per heavy atom. The van der Waals surface area contributed by atoms with Crippen LogP contribution in [0.25, 0.3) is 0 Å². The number of alkyl carbamates (subject to hydrolysis) is 1. The van der Waals surface area contributed by atoms with E-state index in [0.717, 1.165) is 11.1 Å². The number of hydrogen-bond donors (Lipinski definition) is 2. The van der Waals surface area contributed by atoms with E-state index in [0.29, 0.717) is 6.42 Å². The Bertz CT molecular complexity index is 878. The number of amides is 2. The normalized spacial score (nSPS) is 12.9. The van der Waals surface area contributed by atoms with Gasteiger partial charge in [-0.2, -0.15) is 0 Å². The third-order valence-electron chi connectivity index (χ3n) is 4.60. The molecule has 2 aromatic carbocycles. The molecule has 7 heteroatoms. The van der Waals surface area contributed by atoms with Crippen LogP contribution >= 0.6 is 0 Å². The van der Waals surface area contributed by atoms with E-state index in [1.165, 1.54) is 7.11 Å². The van der Waals surface area contributed by atoms with Gasteiger partial charge >= 0.3 is 12.1 Å². The van der Waals surface area contributed by atoms with Crippen LogP contribution in [0.15, 0.2) is 60.7 Å². The van der Waals surface area contributed by atoms with Crippen molar-refractivity contribution in [2.75, 3.05) is 7.11 Å². The highest BCUT2D eigenvalue weighted by atomic mass is 16.6. The van der Waals surface area contributed by atoms with Crippen LogP contribution in [0.4, 0.5) is 4.79 Å². The van der Waals surface area contributed by atoms with Gasteiger partial charge in [0.25, 0.3) is 0 Å². The highest BCUT2D eigenvalue weighted by molar-refractivity contribution is 5.86. The first-order valence-corrected chi connectivity index (χ1v) is 10.6. The van der Waals surface area contributed by atoms with Gasteiger partial charge in [-0.15, -0.1) is 0 Å². The fraction of sp³-hybridized carbons (Fsp3) is 0.400. The molecule has 0 aliphatic carbocycles. The van der Waals surface area contributed by atoms with E-state index in [4.69, 9.17) is 9.47 Å². The zero-order valence-electron chi connectivity index (χ0n) is 19.1. The number of methoxy groups -OCH3 is 1. The molecule has 0 heterocycles. The summed E-state index contributed by atoms with van der Waals surface area (Å²) in [6.45, 7) is 5.27. The second kappa shape index (κ2) is 11.9. The summed E-state index contributed by atoms with van der Waals surface area (Å²) in [6, 6.07) is 17.6. The van der Waals surface area contributed by atoms with Crippen molar-refractivity contribution in [2.45, 2.75) is 57.7 Å². The number of carbonyl (C=O) groups excluding carboxylic acids is 3. The summed E-state index contributed by atoms with van der Waals surface area (Å²) in [5, 5.41) is 5.58. The number of esters is 1. The van der Waals surface area contributed by atoms with E-state index in [1.807, 2.05) is 60.7 Å². The van der Waals surface area contributed by atoms with Gasteiger partial charge < -0.3 is 20.1 Å². The smallest absolute Gasteiger partial charge is 0.408 e. The molecular formula is C25H32N2O5. The number of nitrogens with one attached hydrogen (secondary N) is 2. The molecule has 2 N–H and O–H groups in total. The Morgan fingerprint density at radius 1 is 0.844 bits per heavy atom. The second-order valence-corrected chi connectivity index (χ2v) is 8.56. The molecule has 7 nitrogen and oxygen atoms in total. The summed E-state index contributed by atoms with van der Waals surface area (Å²) >= 11 is 0. The summed E-state index contributed by atoms with van der Waals surface area (Å²) in [4.78, 5) is 37.5. The van der Waals surface area contributed by atoms with Crippen LogP contribution in [0.1, 0.15) is 38.3 Å². The van der Waals surface area contributed by atoms with Gasteiger partial charge in [0.05, 0.1) is 13.5 Å². The highest BCUT2D eigenvalue weighted by Crippen LogP contribution is 2.11. The number of benzene rings is 2. The van der Waals surface area contributed by atoms with Crippen molar-refractivity contribution in [3.8, 4) is 0 Å². The first-order valence-electron chi connectivity index (χ1n) is 10.6. The fourth-order valence-electron chi connectivity index (χ4n) is 3.17. The van der Waals surface area contributed by atoms with Gasteiger partial charge in [-0.25, -0.2) is 4.79 Å². The molecule has 0 unspecified atom stereocenters. The summed E-state index contributed by atoms with van der Waals surface area (Å²) in [5.41, 5.74) is 1.16. The van der Waals surface area contributed by atoms with Crippen LogP contribution in [-0.4, -0.2) is 42.8 Å². The molecule has 0 aromatic heterocycles. The minimum absolute atomic E-state index is 0.0155. The molecular weight excluding hydrogens is 408 g/mol. The summed E-state index contributed by atoms with van der Waals surface area (Å²) in [5.74, 6) is -0.824. The topological polar surface area (TPSA) is 93.7 Å². The Balaban J connectivity index is 2.17. The average molecular weight is 441 g/mol. The van der Waals surface area contributed by atoms with Gasteiger partial charge in [0.15, 0.2) is 0 Å². The van der Waals surface area contributed by atoms with Crippen molar-refractivity contribution in [1.29, 1.82) is 0 Å². The predicted octanol–water partition coefficient (Wildman–Crippen LogP) is 3.41. The zero-order valence-corrected chi connectivity index (χ0v) is 19.1. The van der Waals surface area contributed by atoms with Gasteiger partial charge in [-0.1, -0.05) is 60.7 Å². The molecule has 172 valence electrons. The molecule has 0 radical (unpaired) electrons. The van der Waals surface area contributed by atoms with E-state index in [2.05, 4.69) is 10.6 Å². The summed E-state index contributed by atoms with van der Waals surface area (Å²) in [7, 11) is 1.31. The summed E-state index contributed by atoms with van der Waals surface area (Å²) in [6.07, 6.45) is 0.0665. The van der Waals surface area contributed by atoms with Crippen LogP contribution < -0.4 is 10.6 Å². The SMILES string of the molecule is COC(=O)C[C@H](Cc1ccccc1)NC(=O)[C@H](Cc1ccccc1)NC(=O)OC(C)(C)C. The third-order valence-corrected chi connectivity index (χ3v) is 4.60. The quantitative estimate of drug-likeness (QED) is 0.583. The predicted molar refractivity (Wildman–Crippen MR) is 122 cm³/mol. The van der Waals surface area contributed by atoms with E-state index in [9.17, 15) is 14.4 Å². The van der Waals surface area contributed by atoms with E-state index >= 15 is 0 Å². The van der Waals surface area contributed by atoms with Crippen molar-refractivity contribution in [1.82, 2.24) is 10.6 Å². The molecule has 0 bridgehead atoms. The Hall–Kier alpha value is -3.35. The molecule has 0 saturated carbocycles. The third kappa shape index (κ3) is 9.20. The minimum atomic E-state index is -0.872. The van der Waals surface area contributed by atoms with Gasteiger partial charge in [-0.05, 0) is 38.3 Å². The van der Waals surface area contributed by atoms with Crippen LogP contribution in [0.2, 0.25) is 0 Å². The average Bonchev–Trinajstić information content (AvgIpc) is 2.73. The lowest BCUT2D eigenvalue weighted by Gasteiger charge is -2.25. The second-order valence-electron chi connectivity index (χ2n) is 8.56. The standard InChI is InChI=1S/C25H32N2O5/c1-25(2,3)32-24(30)27-21(16-19-13-9-6-10-14-19)23(29)26-20(17-22(28)31-4)15-18-11-7-5-8-12-18/h5-14,20-21H,15-17H2,1-4H3,(H,26,29)(H,27,30)/t20-,21-/m0/s1. The lowest BCUT2D eigenvalue weighted by Crippen LogP contribution is -2.52. The number of carbonyl (C=O) groups is 3. The zero-order chi connectivity index (χ0) is 23.6. The number of ether oxygens (including phenoxy) is 2. The van der Waals surface area contributed by atoms with Crippen LogP contribution in [0, 0.1) is 0 Å². The fourth-order valence-corrected chi connectivity index (χ4v) is 3.17. The van der Waals surface area contributed by atoms with Crippen molar-refractivity contribution in [2.24, 2.45) is 0 Å². The first-order chi connectivity index (χ1) is 15.2. The maximum Gasteiger partial charge on any atom is 0.408 e. The maximum absolute atomic E-state index is 13.2. The van der Waals surface area contributed by atoms with Crippen molar-refractivity contribution >= 4 is 18.0 Å². The van der Waals surface area contributed by atoms with E-state index in [-0.39, 0.29) is 12.8 Å². The molecule has 0 saturated heterocycles. The van der Waals surface area contributed by atoms with Gasteiger partial charge in [0, 0.05) is 12.5 Å². The van der Waals surface area contributed by atoms with Crippen LogP contribution in [0.3, 0.4) is 0 Å². The summed E-state index contributed by atoms with van der Waals surface area (Å²) < 4.78 is 10.1. The Labute approximate surface area is 189 Å². The number of rotatable bonds is 9. The van der Waals surface area contributed by atoms with Gasteiger partial charge in [0.2, 0.25) is 5.91 Å². The molecule has 32 heavy (non-hydrogen) atoms. The molecule has 2 amide bonds. The Morgan fingerprint density at radius 2 is 1.38 bits per heavy atom. The van der Waals surface area contributed by atoms with E-state index < -0.39 is 35.7 Å². The number of hydrogen-bond acceptors (Lipinski definition) is 5. The lowest BCUT2D eigenvalue weighted by atomic mass is 10.0. The molecule has 2 atom stereocenters. The molecule has 0 aliphatic heterocycles. The van der Waals surface area contributed by atoms with Gasteiger partial charge in [-0.3, -0.25) is 9.59 Å². The molecule has 0 spiro atoms.